The summed E-state index contributed by atoms with van der Waals surface area (Å²) in [4.78, 5) is 27.1. The monoisotopic (exact) mass is 261 g/mol. The van der Waals surface area contributed by atoms with E-state index in [1.54, 1.807) is 38.1 Å². The lowest BCUT2D eigenvalue weighted by atomic mass is 10.3. The topological polar surface area (TPSA) is 65.0 Å². The van der Waals surface area contributed by atoms with Crippen LogP contribution in [0.1, 0.15) is 13.8 Å². The molecular weight excluding hydrogens is 246 g/mol. The number of hydrogen-bond acceptors (Lipinski definition) is 5. The molecule has 5 nitrogen and oxygen atoms in total. The Morgan fingerprint density at radius 3 is 2.05 bits per heavy atom. The molecule has 0 saturated carbocycles. The zero-order chi connectivity index (χ0) is 14.1. The van der Waals surface area contributed by atoms with Gasteiger partial charge in [-0.1, -0.05) is 18.2 Å². The highest BCUT2D eigenvalue weighted by Crippen LogP contribution is 2.08. The van der Waals surface area contributed by atoms with Crippen molar-refractivity contribution in [3.63, 3.8) is 0 Å². The van der Waals surface area contributed by atoms with E-state index in [-0.39, 0.29) is 18.8 Å². The van der Waals surface area contributed by atoms with Crippen LogP contribution in [0.15, 0.2) is 40.9 Å². The van der Waals surface area contributed by atoms with Crippen molar-refractivity contribution in [2.24, 2.45) is 4.99 Å². The van der Waals surface area contributed by atoms with Crippen molar-refractivity contribution in [1.29, 1.82) is 0 Å². The van der Waals surface area contributed by atoms with Crippen molar-refractivity contribution in [2.45, 2.75) is 13.8 Å². The second-order valence-corrected chi connectivity index (χ2v) is 3.38. The largest absolute Gasteiger partial charge is 0.462 e. The molecule has 19 heavy (non-hydrogen) atoms. The van der Waals surface area contributed by atoms with Crippen LogP contribution in [0.25, 0.3) is 0 Å². The van der Waals surface area contributed by atoms with E-state index in [1.165, 1.54) is 0 Å². The summed E-state index contributed by atoms with van der Waals surface area (Å²) in [7, 11) is 0. The van der Waals surface area contributed by atoms with E-state index in [0.717, 1.165) is 0 Å². The van der Waals surface area contributed by atoms with E-state index in [2.05, 4.69) is 10.9 Å². The van der Waals surface area contributed by atoms with Gasteiger partial charge in [0, 0.05) is 5.87 Å². The predicted octanol–water partition coefficient (Wildman–Crippen LogP) is 2.04. The fourth-order valence-corrected chi connectivity index (χ4v) is 1.20. The Labute approximate surface area is 111 Å². The third-order valence-electron chi connectivity index (χ3n) is 2.01. The summed E-state index contributed by atoms with van der Waals surface area (Å²) >= 11 is 0. The van der Waals surface area contributed by atoms with Crippen LogP contribution < -0.4 is 0 Å². The van der Waals surface area contributed by atoms with Crippen LogP contribution in [-0.4, -0.2) is 31.0 Å². The van der Waals surface area contributed by atoms with Crippen LogP contribution in [0.3, 0.4) is 0 Å². The molecule has 0 spiro atoms. The van der Waals surface area contributed by atoms with Crippen molar-refractivity contribution < 1.29 is 19.1 Å². The molecule has 0 aromatic heterocycles. The standard InChI is InChI=1S/C14H15NO4/c1-3-18-13(16)12(14(17)19-4-2)10-15-11-8-6-5-7-9-11/h5-9H,3-4H2,1-2H3. The van der Waals surface area contributed by atoms with Gasteiger partial charge in [-0.15, -0.1) is 0 Å². The third-order valence-corrected chi connectivity index (χ3v) is 2.01. The Morgan fingerprint density at radius 2 is 1.58 bits per heavy atom. The van der Waals surface area contributed by atoms with Crippen molar-refractivity contribution in [1.82, 2.24) is 0 Å². The number of hydrogen-bond donors (Lipinski definition) is 0. The summed E-state index contributed by atoms with van der Waals surface area (Å²) in [5.41, 5.74) is 0.237. The zero-order valence-corrected chi connectivity index (χ0v) is 10.9. The van der Waals surface area contributed by atoms with Crippen molar-refractivity contribution in [3.8, 4) is 0 Å². The highest BCUT2D eigenvalue weighted by atomic mass is 16.6. The van der Waals surface area contributed by atoms with Crippen LogP contribution >= 0.6 is 0 Å². The van der Waals surface area contributed by atoms with E-state index in [1.807, 2.05) is 6.07 Å². The van der Waals surface area contributed by atoms with Gasteiger partial charge in [-0.05, 0) is 26.0 Å². The molecule has 0 aliphatic carbocycles. The highest BCUT2D eigenvalue weighted by molar-refractivity contribution is 6.21. The first-order chi connectivity index (χ1) is 9.19. The van der Waals surface area contributed by atoms with Gasteiger partial charge in [-0.25, -0.2) is 14.6 Å². The lowest BCUT2D eigenvalue weighted by Crippen LogP contribution is -2.18. The second kappa shape index (κ2) is 7.84. The summed E-state index contributed by atoms with van der Waals surface area (Å²) in [6.07, 6.45) is 0. The zero-order valence-electron chi connectivity index (χ0n) is 10.9. The molecule has 0 unspecified atom stereocenters. The molecule has 0 saturated heterocycles. The first-order valence-corrected chi connectivity index (χ1v) is 5.92. The number of carbonyl (C=O) groups is 2. The first-order valence-electron chi connectivity index (χ1n) is 5.92. The van der Waals surface area contributed by atoms with E-state index < -0.39 is 11.9 Å². The predicted molar refractivity (Wildman–Crippen MR) is 70.3 cm³/mol. The molecule has 0 atom stereocenters. The van der Waals surface area contributed by atoms with Crippen LogP contribution in [-0.2, 0) is 19.1 Å². The Morgan fingerprint density at radius 1 is 1.05 bits per heavy atom. The van der Waals surface area contributed by atoms with E-state index in [9.17, 15) is 9.59 Å². The lowest BCUT2D eigenvalue weighted by molar-refractivity contribution is -0.146. The van der Waals surface area contributed by atoms with E-state index in [0.29, 0.717) is 5.69 Å². The Bertz CT molecular complexity index is 481. The summed E-state index contributed by atoms with van der Waals surface area (Å²) in [6, 6.07) is 8.85. The Hall–Kier alpha value is -2.39. The molecule has 0 N–H and O–H groups in total. The van der Waals surface area contributed by atoms with Crippen LogP contribution in [0.2, 0.25) is 0 Å². The number of nitrogens with zero attached hydrogens (tertiary/aromatic N) is 1. The number of benzene rings is 1. The van der Waals surface area contributed by atoms with Gasteiger partial charge in [-0.3, -0.25) is 0 Å². The molecule has 0 aliphatic heterocycles. The van der Waals surface area contributed by atoms with Crippen LogP contribution in [0.5, 0.6) is 0 Å². The van der Waals surface area contributed by atoms with Gasteiger partial charge in [0.25, 0.3) is 0 Å². The molecule has 0 fully saturated rings. The molecule has 1 rings (SSSR count). The highest BCUT2D eigenvalue weighted by Gasteiger charge is 2.21. The SMILES string of the molecule is CCOC(=O)C(=C=Nc1ccccc1)C(=O)OCC. The first kappa shape index (κ1) is 14.7. The fourth-order valence-electron chi connectivity index (χ4n) is 1.20. The minimum absolute atomic E-state index is 0.161. The number of rotatable bonds is 5. The maximum atomic E-state index is 11.6. The molecule has 0 heterocycles. The molecule has 100 valence electrons. The minimum atomic E-state index is -0.791. The lowest BCUT2D eigenvalue weighted by Gasteiger charge is -2.03. The molecule has 0 bridgehead atoms. The van der Waals surface area contributed by atoms with Gasteiger partial charge in [0.05, 0.1) is 18.9 Å². The molecule has 1 aromatic rings. The normalized spacial score (nSPS) is 9.16. The molecule has 5 heteroatoms. The van der Waals surface area contributed by atoms with Crippen molar-refractivity contribution in [2.75, 3.05) is 13.2 Å². The minimum Gasteiger partial charge on any atom is -0.462 e. The molecule has 0 radical (unpaired) electrons. The summed E-state index contributed by atoms with van der Waals surface area (Å²) < 4.78 is 9.52. The number of aliphatic imine (C=N–C) groups is 1. The molecular formula is C14H15NO4. The maximum Gasteiger partial charge on any atom is 0.355 e. The Balaban J connectivity index is 3.05. The quantitative estimate of drug-likeness (QED) is 0.267. The van der Waals surface area contributed by atoms with Gasteiger partial charge in [0.1, 0.15) is 0 Å². The third kappa shape index (κ3) is 4.77. The van der Waals surface area contributed by atoms with Crippen LogP contribution in [0.4, 0.5) is 5.69 Å². The van der Waals surface area contributed by atoms with Gasteiger partial charge < -0.3 is 9.47 Å². The number of carbonyl (C=O) groups excluding carboxylic acids is 2. The molecule has 1 aromatic carbocycles. The molecule has 0 amide bonds. The fraction of sp³-hybridized carbons (Fsp3) is 0.286. The summed E-state index contributed by atoms with van der Waals surface area (Å²) in [6.45, 7) is 3.62. The molecule has 0 aliphatic rings. The van der Waals surface area contributed by atoms with Gasteiger partial charge in [0.15, 0.2) is 0 Å². The van der Waals surface area contributed by atoms with Crippen molar-refractivity contribution in [3.05, 3.63) is 35.9 Å². The number of esters is 2. The van der Waals surface area contributed by atoms with Crippen LogP contribution in [0, 0.1) is 0 Å². The van der Waals surface area contributed by atoms with E-state index in [4.69, 9.17) is 9.47 Å². The average Bonchev–Trinajstić information content (AvgIpc) is 2.41. The number of ether oxygens (including phenoxy) is 2. The Kier molecular flexibility index (Phi) is 6.06. The van der Waals surface area contributed by atoms with Crippen molar-refractivity contribution >= 4 is 23.5 Å². The van der Waals surface area contributed by atoms with Gasteiger partial charge in [-0.2, -0.15) is 0 Å². The second-order valence-electron chi connectivity index (χ2n) is 3.38. The average molecular weight is 261 g/mol. The number of para-hydroxylation sites is 1. The van der Waals surface area contributed by atoms with Gasteiger partial charge in [0.2, 0.25) is 5.57 Å². The van der Waals surface area contributed by atoms with E-state index >= 15 is 0 Å². The smallest absolute Gasteiger partial charge is 0.355 e. The van der Waals surface area contributed by atoms with Gasteiger partial charge >= 0.3 is 11.9 Å². The summed E-state index contributed by atoms with van der Waals surface area (Å²) in [5.74, 6) is 0.816. The summed E-state index contributed by atoms with van der Waals surface area (Å²) in [5, 5.41) is 0. The maximum absolute atomic E-state index is 11.6.